The van der Waals surface area contributed by atoms with Crippen LogP contribution in [-0.2, 0) is 4.79 Å². The molecule has 1 amide bonds. The van der Waals surface area contributed by atoms with Gasteiger partial charge < -0.3 is 14.5 Å². The fourth-order valence-corrected chi connectivity index (χ4v) is 1.94. The molecule has 1 aliphatic rings. The van der Waals surface area contributed by atoms with Crippen molar-refractivity contribution in [2.75, 3.05) is 13.1 Å². The maximum atomic E-state index is 13.9. The van der Waals surface area contributed by atoms with E-state index in [0.29, 0.717) is 5.76 Å². The van der Waals surface area contributed by atoms with Gasteiger partial charge in [-0.1, -0.05) is 19.0 Å². The number of halogens is 1. The third-order valence-corrected chi connectivity index (χ3v) is 3.21. The molecule has 2 rings (SSSR count). The molecule has 0 aliphatic carbocycles. The molecule has 1 aliphatic heterocycles. The molecule has 104 valence electrons. The molecule has 6 nitrogen and oxygen atoms in total. The average Bonchev–Trinajstić information content (AvgIpc) is 2.95. The Labute approximate surface area is 109 Å². The Kier molecular flexibility index (Phi) is 3.30. The number of nitrogens with zero attached hydrogens (tertiary/aromatic N) is 2. The number of aromatic nitrogens is 1. The maximum absolute atomic E-state index is 13.9. The number of carboxylic acid groups (broad SMARTS) is 1. The Morgan fingerprint density at radius 1 is 1.58 bits per heavy atom. The molecule has 0 spiro atoms. The fourth-order valence-electron chi connectivity index (χ4n) is 1.94. The van der Waals surface area contributed by atoms with Crippen molar-refractivity contribution >= 4 is 11.9 Å². The molecule has 1 aromatic heterocycles. The highest BCUT2D eigenvalue weighted by Gasteiger charge is 2.47. The molecule has 1 aromatic rings. The molecular weight excluding hydrogens is 255 g/mol. The van der Waals surface area contributed by atoms with Crippen molar-refractivity contribution in [2.24, 2.45) is 0 Å². The lowest BCUT2D eigenvalue weighted by atomic mass is 10.1. The van der Waals surface area contributed by atoms with E-state index in [1.807, 2.05) is 13.8 Å². The highest BCUT2D eigenvalue weighted by atomic mass is 19.1. The van der Waals surface area contributed by atoms with Crippen LogP contribution in [0.1, 0.15) is 42.4 Å². The lowest BCUT2D eigenvalue weighted by Crippen LogP contribution is -2.39. The third kappa shape index (κ3) is 2.45. The topological polar surface area (TPSA) is 83.6 Å². The zero-order valence-electron chi connectivity index (χ0n) is 10.7. The van der Waals surface area contributed by atoms with Gasteiger partial charge in [0.05, 0.1) is 6.54 Å². The van der Waals surface area contributed by atoms with Crippen LogP contribution in [0.5, 0.6) is 0 Å². The van der Waals surface area contributed by atoms with Crippen molar-refractivity contribution < 1.29 is 23.6 Å². The minimum atomic E-state index is -2.36. The molecule has 19 heavy (non-hydrogen) atoms. The van der Waals surface area contributed by atoms with E-state index in [0.717, 1.165) is 4.90 Å². The van der Waals surface area contributed by atoms with Crippen LogP contribution in [0.15, 0.2) is 10.6 Å². The Hall–Kier alpha value is -1.92. The second kappa shape index (κ2) is 4.64. The number of carbonyl (C=O) groups excluding carboxylic acids is 1. The number of hydrogen-bond acceptors (Lipinski definition) is 4. The van der Waals surface area contributed by atoms with Crippen molar-refractivity contribution in [1.82, 2.24) is 10.1 Å². The minimum Gasteiger partial charge on any atom is -0.479 e. The lowest BCUT2D eigenvalue weighted by molar-refractivity contribution is -0.149. The third-order valence-electron chi connectivity index (χ3n) is 3.21. The summed E-state index contributed by atoms with van der Waals surface area (Å²) in [6, 6.07) is 1.51. The minimum absolute atomic E-state index is 0.0610. The molecule has 2 heterocycles. The molecular formula is C12H15FN2O4. The summed E-state index contributed by atoms with van der Waals surface area (Å²) in [6.45, 7) is 3.39. The number of hydrogen-bond donors (Lipinski definition) is 1. The zero-order chi connectivity index (χ0) is 14.2. The fraction of sp³-hybridized carbons (Fsp3) is 0.583. The quantitative estimate of drug-likeness (QED) is 0.898. The Morgan fingerprint density at radius 3 is 2.74 bits per heavy atom. The van der Waals surface area contributed by atoms with Gasteiger partial charge in [0.15, 0.2) is 5.69 Å². The van der Waals surface area contributed by atoms with Gasteiger partial charge in [-0.3, -0.25) is 4.79 Å². The van der Waals surface area contributed by atoms with E-state index < -0.39 is 24.1 Å². The first-order valence-electron chi connectivity index (χ1n) is 6.02. The number of amides is 1. The smallest absolute Gasteiger partial charge is 0.343 e. The summed E-state index contributed by atoms with van der Waals surface area (Å²) < 4.78 is 18.9. The van der Waals surface area contributed by atoms with E-state index in [9.17, 15) is 14.0 Å². The zero-order valence-corrected chi connectivity index (χ0v) is 10.7. The first kappa shape index (κ1) is 13.5. The average molecular weight is 270 g/mol. The van der Waals surface area contributed by atoms with Gasteiger partial charge in [0.2, 0.25) is 5.67 Å². The van der Waals surface area contributed by atoms with E-state index >= 15 is 0 Å². The predicted octanol–water partition coefficient (Wildman–Crippen LogP) is 1.44. The number of aliphatic carboxylic acids is 1. The van der Waals surface area contributed by atoms with E-state index in [4.69, 9.17) is 9.63 Å². The van der Waals surface area contributed by atoms with E-state index in [2.05, 4.69) is 5.16 Å². The number of alkyl halides is 1. The SMILES string of the molecule is CC(C)c1cc(C(=O)N2CCC(F)(C(=O)O)C2)no1. The summed E-state index contributed by atoms with van der Waals surface area (Å²) in [7, 11) is 0. The van der Waals surface area contributed by atoms with Gasteiger partial charge in [0.1, 0.15) is 5.76 Å². The molecule has 7 heteroatoms. The summed E-state index contributed by atoms with van der Waals surface area (Å²) in [5.74, 6) is -1.39. The van der Waals surface area contributed by atoms with Gasteiger partial charge in [-0.2, -0.15) is 0 Å². The highest BCUT2D eigenvalue weighted by Crippen LogP contribution is 2.27. The van der Waals surface area contributed by atoms with Crippen LogP contribution < -0.4 is 0 Å². The molecule has 0 aromatic carbocycles. The second-order valence-electron chi connectivity index (χ2n) is 5.02. The molecule has 1 saturated heterocycles. The van der Waals surface area contributed by atoms with Gasteiger partial charge in [-0.05, 0) is 0 Å². The lowest BCUT2D eigenvalue weighted by Gasteiger charge is -2.16. The van der Waals surface area contributed by atoms with Gasteiger partial charge in [-0.15, -0.1) is 0 Å². The molecule has 1 atom stereocenters. The molecule has 1 unspecified atom stereocenters. The predicted molar refractivity (Wildman–Crippen MR) is 62.6 cm³/mol. The summed E-state index contributed by atoms with van der Waals surface area (Å²) >= 11 is 0. The Balaban J connectivity index is 2.11. The standard InChI is InChI=1S/C12H15FN2O4/c1-7(2)9-5-8(14-19-9)10(16)15-4-3-12(13,6-15)11(17)18/h5,7H,3-4,6H2,1-2H3,(H,17,18). The van der Waals surface area contributed by atoms with Crippen LogP contribution in [0.2, 0.25) is 0 Å². The van der Waals surface area contributed by atoms with Crippen LogP contribution in [0.3, 0.4) is 0 Å². The van der Waals surface area contributed by atoms with Gasteiger partial charge in [0.25, 0.3) is 5.91 Å². The highest BCUT2D eigenvalue weighted by molar-refractivity contribution is 5.93. The largest absolute Gasteiger partial charge is 0.479 e. The van der Waals surface area contributed by atoms with Crippen molar-refractivity contribution in [3.8, 4) is 0 Å². The van der Waals surface area contributed by atoms with Crippen LogP contribution in [0.4, 0.5) is 4.39 Å². The number of likely N-dealkylation sites (tertiary alicyclic amines) is 1. The Morgan fingerprint density at radius 2 is 2.26 bits per heavy atom. The van der Waals surface area contributed by atoms with Gasteiger partial charge in [0, 0.05) is 24.9 Å². The van der Waals surface area contributed by atoms with Crippen molar-refractivity contribution in [3.63, 3.8) is 0 Å². The number of carboxylic acids is 1. The molecule has 1 N–H and O–H groups in total. The van der Waals surface area contributed by atoms with Crippen LogP contribution in [-0.4, -0.2) is 45.8 Å². The molecule has 0 bridgehead atoms. The van der Waals surface area contributed by atoms with E-state index in [1.54, 1.807) is 0 Å². The number of rotatable bonds is 3. The number of carbonyl (C=O) groups is 2. The first-order chi connectivity index (χ1) is 8.83. The molecule has 0 saturated carbocycles. The van der Waals surface area contributed by atoms with Crippen LogP contribution >= 0.6 is 0 Å². The molecule has 0 radical (unpaired) electrons. The van der Waals surface area contributed by atoms with Gasteiger partial charge >= 0.3 is 5.97 Å². The van der Waals surface area contributed by atoms with Crippen molar-refractivity contribution in [2.45, 2.75) is 31.9 Å². The summed E-state index contributed by atoms with van der Waals surface area (Å²) in [5, 5.41) is 12.4. The Bertz CT molecular complexity index is 514. The maximum Gasteiger partial charge on any atom is 0.343 e. The summed E-state index contributed by atoms with van der Waals surface area (Å²) in [6.07, 6.45) is -0.205. The van der Waals surface area contributed by atoms with Crippen molar-refractivity contribution in [1.29, 1.82) is 0 Å². The van der Waals surface area contributed by atoms with Gasteiger partial charge in [-0.25, -0.2) is 9.18 Å². The van der Waals surface area contributed by atoms with E-state index in [-0.39, 0.29) is 24.6 Å². The van der Waals surface area contributed by atoms with E-state index in [1.165, 1.54) is 6.07 Å². The van der Waals surface area contributed by atoms with Crippen LogP contribution in [0, 0.1) is 0 Å². The van der Waals surface area contributed by atoms with Crippen LogP contribution in [0.25, 0.3) is 0 Å². The molecule has 1 fully saturated rings. The van der Waals surface area contributed by atoms with Crippen molar-refractivity contribution in [3.05, 3.63) is 17.5 Å². The second-order valence-corrected chi connectivity index (χ2v) is 5.02. The first-order valence-corrected chi connectivity index (χ1v) is 6.02. The summed E-state index contributed by atoms with van der Waals surface area (Å²) in [4.78, 5) is 24.0. The summed E-state index contributed by atoms with van der Waals surface area (Å²) in [5.41, 5.74) is -2.28. The monoisotopic (exact) mass is 270 g/mol. The normalized spacial score (nSPS) is 23.1.